The largest absolute Gasteiger partial charge is 0.465 e. The Hall–Kier alpha value is -1.92. The number of nitrogens with one attached hydrogen (secondary N) is 2. The molecule has 7 heteroatoms. The third-order valence-corrected chi connectivity index (χ3v) is 3.17. The first kappa shape index (κ1) is 15.5. The average Bonchev–Trinajstić information content (AvgIpc) is 2.44. The molecule has 0 amide bonds. The first-order chi connectivity index (χ1) is 10.0. The molecule has 0 aliphatic carbocycles. The van der Waals surface area contributed by atoms with Gasteiger partial charge in [0.05, 0.1) is 24.1 Å². The molecule has 0 bridgehead atoms. The Bertz CT molecular complexity index is 714. The minimum absolute atomic E-state index is 0.239. The maximum atomic E-state index is 11.9. The van der Waals surface area contributed by atoms with Crippen molar-refractivity contribution >= 4 is 28.5 Å². The van der Waals surface area contributed by atoms with Crippen LogP contribution >= 0.6 is 11.6 Å². The van der Waals surface area contributed by atoms with Gasteiger partial charge in [-0.2, -0.15) is 0 Å². The molecule has 0 spiro atoms. The molecule has 2 aromatic rings. The highest BCUT2D eigenvalue weighted by Gasteiger charge is 2.13. The Balaban J connectivity index is 2.16. The third kappa shape index (κ3) is 3.80. The second-order valence-corrected chi connectivity index (χ2v) is 4.97. The van der Waals surface area contributed by atoms with Crippen molar-refractivity contribution in [3.8, 4) is 0 Å². The molecule has 1 aromatic heterocycles. The number of carbonyl (C=O) groups excluding carboxylic acids is 1. The van der Waals surface area contributed by atoms with E-state index in [2.05, 4.69) is 15.3 Å². The molecular weight excluding hydrogens is 294 g/mol. The van der Waals surface area contributed by atoms with Crippen molar-refractivity contribution < 1.29 is 9.53 Å². The number of ether oxygens (including phenoxy) is 1. The number of benzene rings is 1. The molecule has 0 aliphatic heterocycles. The van der Waals surface area contributed by atoms with Gasteiger partial charge in [-0.3, -0.25) is 14.9 Å². The highest BCUT2D eigenvalue weighted by molar-refractivity contribution is 6.31. The van der Waals surface area contributed by atoms with E-state index in [9.17, 15) is 9.59 Å². The zero-order chi connectivity index (χ0) is 15.4. The Kier molecular flexibility index (Phi) is 4.93. The van der Waals surface area contributed by atoms with Crippen LogP contribution in [0.25, 0.3) is 10.9 Å². The van der Waals surface area contributed by atoms with Gasteiger partial charge in [0.15, 0.2) is 0 Å². The quantitative estimate of drug-likeness (QED) is 0.820. The van der Waals surface area contributed by atoms with Gasteiger partial charge in [-0.15, -0.1) is 0 Å². The van der Waals surface area contributed by atoms with Crippen molar-refractivity contribution in [1.29, 1.82) is 0 Å². The lowest BCUT2D eigenvalue weighted by Crippen LogP contribution is -2.35. The van der Waals surface area contributed by atoms with Crippen molar-refractivity contribution in [3.63, 3.8) is 0 Å². The molecule has 1 unspecified atom stereocenters. The van der Waals surface area contributed by atoms with E-state index in [-0.39, 0.29) is 18.1 Å². The van der Waals surface area contributed by atoms with Crippen molar-refractivity contribution in [1.82, 2.24) is 15.3 Å². The molecule has 0 saturated heterocycles. The minimum Gasteiger partial charge on any atom is -0.465 e. The predicted molar refractivity (Wildman–Crippen MR) is 80.3 cm³/mol. The highest BCUT2D eigenvalue weighted by Crippen LogP contribution is 2.14. The van der Waals surface area contributed by atoms with E-state index in [0.29, 0.717) is 28.4 Å². The lowest BCUT2D eigenvalue weighted by molar-refractivity contribution is -0.145. The molecule has 2 N–H and O–H groups in total. The Morgan fingerprint density at radius 3 is 3.00 bits per heavy atom. The van der Waals surface area contributed by atoms with Crippen LogP contribution in [-0.2, 0) is 16.1 Å². The molecule has 0 radical (unpaired) electrons. The van der Waals surface area contributed by atoms with Crippen LogP contribution in [-0.4, -0.2) is 28.6 Å². The van der Waals surface area contributed by atoms with E-state index in [1.54, 1.807) is 32.0 Å². The van der Waals surface area contributed by atoms with Gasteiger partial charge in [0, 0.05) is 5.02 Å². The summed E-state index contributed by atoms with van der Waals surface area (Å²) < 4.78 is 4.89. The molecule has 21 heavy (non-hydrogen) atoms. The predicted octanol–water partition coefficient (Wildman–Crippen LogP) is 1.62. The maximum absolute atomic E-state index is 11.9. The lowest BCUT2D eigenvalue weighted by atomic mass is 10.2. The summed E-state index contributed by atoms with van der Waals surface area (Å²) in [5.41, 5.74) is 0.282. The zero-order valence-corrected chi connectivity index (χ0v) is 12.5. The first-order valence-corrected chi connectivity index (χ1v) is 6.97. The first-order valence-electron chi connectivity index (χ1n) is 6.59. The molecular formula is C14H16ClN3O3. The van der Waals surface area contributed by atoms with Crippen LogP contribution in [0.4, 0.5) is 0 Å². The van der Waals surface area contributed by atoms with Crippen LogP contribution in [0.3, 0.4) is 0 Å². The molecule has 1 aromatic carbocycles. The van der Waals surface area contributed by atoms with Crippen molar-refractivity contribution in [2.75, 3.05) is 6.61 Å². The summed E-state index contributed by atoms with van der Waals surface area (Å²) in [6.45, 7) is 4.01. The number of aromatic amines is 1. The molecule has 0 fully saturated rings. The van der Waals surface area contributed by atoms with Gasteiger partial charge in [0.2, 0.25) is 0 Å². The van der Waals surface area contributed by atoms with Crippen molar-refractivity contribution in [3.05, 3.63) is 39.4 Å². The van der Waals surface area contributed by atoms with Crippen LogP contribution in [0.15, 0.2) is 23.0 Å². The number of hydrogen-bond acceptors (Lipinski definition) is 5. The standard InChI is InChI=1S/C14H16ClN3O3/c1-3-21-14(20)8(2)16-7-12-17-11-6-9(15)4-5-10(11)13(19)18-12/h4-6,8,16H,3,7H2,1-2H3,(H,17,18,19). The van der Waals surface area contributed by atoms with Gasteiger partial charge in [-0.25, -0.2) is 4.98 Å². The number of hydrogen-bond donors (Lipinski definition) is 2. The summed E-state index contributed by atoms with van der Waals surface area (Å²) in [7, 11) is 0. The number of nitrogens with zero attached hydrogens (tertiary/aromatic N) is 1. The van der Waals surface area contributed by atoms with Crippen LogP contribution in [0.5, 0.6) is 0 Å². The van der Waals surface area contributed by atoms with Gasteiger partial charge in [-0.05, 0) is 32.0 Å². The Morgan fingerprint density at radius 1 is 1.52 bits per heavy atom. The molecule has 1 atom stereocenters. The number of halogens is 1. The number of rotatable bonds is 5. The van der Waals surface area contributed by atoms with E-state index < -0.39 is 6.04 Å². The third-order valence-electron chi connectivity index (χ3n) is 2.93. The van der Waals surface area contributed by atoms with Crippen molar-refractivity contribution in [2.24, 2.45) is 0 Å². The van der Waals surface area contributed by atoms with Gasteiger partial charge < -0.3 is 9.72 Å². The lowest BCUT2D eigenvalue weighted by Gasteiger charge is -2.12. The minimum atomic E-state index is -0.481. The second kappa shape index (κ2) is 6.69. The van der Waals surface area contributed by atoms with E-state index in [4.69, 9.17) is 16.3 Å². The number of fused-ring (bicyclic) bond motifs is 1. The second-order valence-electron chi connectivity index (χ2n) is 4.53. The average molecular weight is 310 g/mol. The van der Waals surface area contributed by atoms with Gasteiger partial charge >= 0.3 is 5.97 Å². The van der Waals surface area contributed by atoms with Gasteiger partial charge in [-0.1, -0.05) is 11.6 Å². The molecule has 6 nitrogen and oxygen atoms in total. The number of aromatic nitrogens is 2. The van der Waals surface area contributed by atoms with Crippen LogP contribution in [0.2, 0.25) is 5.02 Å². The number of carbonyl (C=O) groups is 1. The Morgan fingerprint density at radius 2 is 2.29 bits per heavy atom. The zero-order valence-electron chi connectivity index (χ0n) is 11.8. The fraction of sp³-hybridized carbons (Fsp3) is 0.357. The van der Waals surface area contributed by atoms with Gasteiger partial charge in [0.25, 0.3) is 5.56 Å². The topological polar surface area (TPSA) is 84.1 Å². The van der Waals surface area contributed by atoms with E-state index in [0.717, 1.165) is 0 Å². The monoisotopic (exact) mass is 309 g/mol. The molecule has 2 rings (SSSR count). The molecule has 1 heterocycles. The summed E-state index contributed by atoms with van der Waals surface area (Å²) in [6.07, 6.45) is 0. The number of H-pyrrole nitrogens is 1. The van der Waals surface area contributed by atoms with E-state index >= 15 is 0 Å². The Labute approximate surface area is 126 Å². The summed E-state index contributed by atoms with van der Waals surface area (Å²) >= 11 is 5.90. The van der Waals surface area contributed by atoms with Crippen LogP contribution in [0.1, 0.15) is 19.7 Å². The smallest absolute Gasteiger partial charge is 0.322 e. The normalized spacial score (nSPS) is 12.3. The number of esters is 1. The SMILES string of the molecule is CCOC(=O)C(C)NCc1nc2cc(Cl)ccc2c(=O)[nH]1. The summed E-state index contributed by atoms with van der Waals surface area (Å²) in [5, 5.41) is 3.94. The maximum Gasteiger partial charge on any atom is 0.322 e. The fourth-order valence-corrected chi connectivity index (χ4v) is 2.01. The van der Waals surface area contributed by atoms with E-state index in [1.807, 2.05) is 0 Å². The van der Waals surface area contributed by atoms with Gasteiger partial charge in [0.1, 0.15) is 11.9 Å². The molecule has 0 saturated carbocycles. The van der Waals surface area contributed by atoms with Crippen LogP contribution in [0, 0.1) is 0 Å². The molecule has 0 aliphatic rings. The van der Waals surface area contributed by atoms with Crippen molar-refractivity contribution in [2.45, 2.75) is 26.4 Å². The van der Waals surface area contributed by atoms with Crippen LogP contribution < -0.4 is 10.9 Å². The summed E-state index contributed by atoms with van der Waals surface area (Å²) in [4.78, 5) is 30.4. The fourth-order valence-electron chi connectivity index (χ4n) is 1.85. The van der Waals surface area contributed by atoms with E-state index in [1.165, 1.54) is 0 Å². The summed E-state index contributed by atoms with van der Waals surface area (Å²) in [5.74, 6) is 0.0922. The summed E-state index contributed by atoms with van der Waals surface area (Å²) in [6, 6.07) is 4.42. The molecule has 112 valence electrons. The highest BCUT2D eigenvalue weighted by atomic mass is 35.5.